The summed E-state index contributed by atoms with van der Waals surface area (Å²) in [5.41, 5.74) is 3.32. The number of carbonyl (C=O) groups excluding carboxylic acids is 1. The van der Waals surface area contributed by atoms with Crippen LogP contribution in [0.3, 0.4) is 0 Å². The van der Waals surface area contributed by atoms with E-state index in [4.69, 9.17) is 9.97 Å². The molecule has 0 bridgehead atoms. The molecule has 1 saturated heterocycles. The Bertz CT molecular complexity index is 784. The van der Waals surface area contributed by atoms with Gasteiger partial charge in [-0.3, -0.25) is 4.79 Å². The van der Waals surface area contributed by atoms with Crippen molar-refractivity contribution in [2.45, 2.75) is 45.6 Å². The zero-order chi connectivity index (χ0) is 17.9. The minimum atomic E-state index is 0.248. The van der Waals surface area contributed by atoms with Gasteiger partial charge in [0.1, 0.15) is 5.82 Å². The van der Waals surface area contributed by atoms with E-state index < -0.39 is 0 Å². The van der Waals surface area contributed by atoms with Crippen LogP contribution in [0.15, 0.2) is 30.3 Å². The lowest BCUT2D eigenvalue weighted by Crippen LogP contribution is -2.37. The van der Waals surface area contributed by atoms with Gasteiger partial charge in [-0.1, -0.05) is 37.3 Å². The van der Waals surface area contributed by atoms with E-state index in [1.807, 2.05) is 23.1 Å². The zero-order valence-electron chi connectivity index (χ0n) is 15.4. The van der Waals surface area contributed by atoms with Crippen molar-refractivity contribution in [2.75, 3.05) is 24.5 Å². The Morgan fingerprint density at radius 2 is 1.85 bits per heavy atom. The van der Waals surface area contributed by atoms with E-state index in [0.717, 1.165) is 60.9 Å². The standard InChI is InChI=1S/C21H26N4O/c1-2-8-19(26)25-14-11-18-17(15-25)21(24-12-6-7-13-24)23-20(22-18)16-9-4-3-5-10-16/h3-5,9-10H,2,6-8,11-15H2,1H3. The molecule has 0 radical (unpaired) electrons. The Labute approximate surface area is 155 Å². The summed E-state index contributed by atoms with van der Waals surface area (Å²) in [6.45, 7) is 5.55. The number of nitrogens with zero attached hydrogens (tertiary/aromatic N) is 4. The summed E-state index contributed by atoms with van der Waals surface area (Å²) in [6.07, 6.45) is 4.74. The summed E-state index contributed by atoms with van der Waals surface area (Å²) < 4.78 is 0. The summed E-state index contributed by atoms with van der Waals surface area (Å²) in [4.78, 5) is 26.6. The van der Waals surface area contributed by atoms with Crippen LogP contribution in [0.5, 0.6) is 0 Å². The van der Waals surface area contributed by atoms with E-state index in [0.29, 0.717) is 13.0 Å². The highest BCUT2D eigenvalue weighted by Crippen LogP contribution is 2.31. The van der Waals surface area contributed by atoms with Crippen LogP contribution in [0.4, 0.5) is 5.82 Å². The molecule has 0 aliphatic carbocycles. The van der Waals surface area contributed by atoms with E-state index in [9.17, 15) is 4.79 Å². The fourth-order valence-corrected chi connectivity index (χ4v) is 3.89. The number of hydrogen-bond acceptors (Lipinski definition) is 4. The van der Waals surface area contributed by atoms with Crippen LogP contribution in [0.25, 0.3) is 11.4 Å². The zero-order valence-corrected chi connectivity index (χ0v) is 15.4. The second-order valence-electron chi connectivity index (χ2n) is 7.17. The summed E-state index contributed by atoms with van der Waals surface area (Å²) in [5.74, 6) is 2.09. The summed E-state index contributed by atoms with van der Waals surface area (Å²) >= 11 is 0. The first-order chi connectivity index (χ1) is 12.8. The fraction of sp³-hybridized carbons (Fsp3) is 0.476. The lowest BCUT2D eigenvalue weighted by molar-refractivity contribution is -0.132. The molecule has 0 spiro atoms. The van der Waals surface area contributed by atoms with Crippen molar-refractivity contribution in [3.8, 4) is 11.4 Å². The van der Waals surface area contributed by atoms with E-state index >= 15 is 0 Å². The van der Waals surface area contributed by atoms with Gasteiger partial charge in [0.05, 0.1) is 12.2 Å². The van der Waals surface area contributed by atoms with Crippen molar-refractivity contribution in [1.29, 1.82) is 0 Å². The van der Waals surface area contributed by atoms with Crippen LogP contribution in [0.2, 0.25) is 0 Å². The van der Waals surface area contributed by atoms with Crippen molar-refractivity contribution in [3.63, 3.8) is 0 Å². The van der Waals surface area contributed by atoms with Gasteiger partial charge in [0.2, 0.25) is 5.91 Å². The quantitative estimate of drug-likeness (QED) is 0.848. The molecular formula is C21H26N4O. The molecule has 26 heavy (non-hydrogen) atoms. The van der Waals surface area contributed by atoms with Crippen molar-refractivity contribution in [3.05, 3.63) is 41.6 Å². The van der Waals surface area contributed by atoms with Crippen LogP contribution in [-0.2, 0) is 17.8 Å². The van der Waals surface area contributed by atoms with Crippen molar-refractivity contribution in [2.24, 2.45) is 0 Å². The predicted molar refractivity (Wildman–Crippen MR) is 103 cm³/mol. The number of anilines is 1. The first kappa shape index (κ1) is 17.0. The van der Waals surface area contributed by atoms with Gasteiger partial charge in [-0.05, 0) is 19.3 Å². The molecule has 3 heterocycles. The largest absolute Gasteiger partial charge is 0.356 e. The van der Waals surface area contributed by atoms with Gasteiger partial charge < -0.3 is 9.80 Å². The number of aromatic nitrogens is 2. The van der Waals surface area contributed by atoms with E-state index in [1.54, 1.807) is 0 Å². The van der Waals surface area contributed by atoms with Gasteiger partial charge in [-0.25, -0.2) is 9.97 Å². The SMILES string of the molecule is CCCC(=O)N1CCc2nc(-c3ccccc3)nc(N3CCCC3)c2C1. The minimum absolute atomic E-state index is 0.248. The summed E-state index contributed by atoms with van der Waals surface area (Å²) in [5, 5.41) is 0. The van der Waals surface area contributed by atoms with E-state index in [-0.39, 0.29) is 5.91 Å². The Morgan fingerprint density at radius 1 is 1.08 bits per heavy atom. The molecule has 2 aromatic rings. The first-order valence-corrected chi connectivity index (χ1v) is 9.74. The third-order valence-electron chi connectivity index (χ3n) is 5.29. The minimum Gasteiger partial charge on any atom is -0.356 e. The van der Waals surface area contributed by atoms with Crippen LogP contribution in [-0.4, -0.2) is 40.4 Å². The Balaban J connectivity index is 1.73. The smallest absolute Gasteiger partial charge is 0.222 e. The lowest BCUT2D eigenvalue weighted by Gasteiger charge is -2.32. The number of fused-ring (bicyclic) bond motifs is 1. The molecule has 136 valence electrons. The van der Waals surface area contributed by atoms with Crippen LogP contribution in [0, 0.1) is 0 Å². The van der Waals surface area contributed by atoms with Crippen molar-refractivity contribution >= 4 is 11.7 Å². The Hall–Kier alpha value is -2.43. The van der Waals surface area contributed by atoms with Gasteiger partial charge in [-0.15, -0.1) is 0 Å². The van der Waals surface area contributed by atoms with Gasteiger partial charge in [0, 0.05) is 43.6 Å². The lowest BCUT2D eigenvalue weighted by atomic mass is 10.0. The average molecular weight is 350 g/mol. The number of benzene rings is 1. The number of rotatable bonds is 4. The Morgan fingerprint density at radius 3 is 2.58 bits per heavy atom. The molecule has 1 fully saturated rings. The first-order valence-electron chi connectivity index (χ1n) is 9.74. The molecule has 0 saturated carbocycles. The maximum atomic E-state index is 12.4. The van der Waals surface area contributed by atoms with Gasteiger partial charge >= 0.3 is 0 Å². The molecule has 0 atom stereocenters. The summed E-state index contributed by atoms with van der Waals surface area (Å²) in [6, 6.07) is 10.2. The second-order valence-corrected chi connectivity index (χ2v) is 7.17. The molecule has 1 aromatic heterocycles. The molecule has 1 amide bonds. The molecule has 2 aliphatic rings. The maximum absolute atomic E-state index is 12.4. The normalized spacial score (nSPS) is 16.7. The molecule has 4 rings (SSSR count). The molecule has 0 N–H and O–H groups in total. The average Bonchev–Trinajstić information content (AvgIpc) is 3.22. The number of hydrogen-bond donors (Lipinski definition) is 0. The molecule has 5 heteroatoms. The number of carbonyl (C=O) groups is 1. The van der Waals surface area contributed by atoms with E-state index in [1.165, 1.54) is 12.8 Å². The van der Waals surface area contributed by atoms with Crippen LogP contribution in [0.1, 0.15) is 43.9 Å². The monoisotopic (exact) mass is 350 g/mol. The molecular weight excluding hydrogens is 324 g/mol. The van der Waals surface area contributed by atoms with Crippen LogP contribution < -0.4 is 4.90 Å². The topological polar surface area (TPSA) is 49.3 Å². The molecule has 5 nitrogen and oxygen atoms in total. The Kier molecular flexibility index (Phi) is 4.87. The van der Waals surface area contributed by atoms with Gasteiger partial charge in [-0.2, -0.15) is 0 Å². The third-order valence-corrected chi connectivity index (χ3v) is 5.29. The highest BCUT2D eigenvalue weighted by molar-refractivity contribution is 5.77. The maximum Gasteiger partial charge on any atom is 0.222 e. The summed E-state index contributed by atoms with van der Waals surface area (Å²) in [7, 11) is 0. The molecule has 0 unspecified atom stereocenters. The highest BCUT2D eigenvalue weighted by Gasteiger charge is 2.28. The highest BCUT2D eigenvalue weighted by atomic mass is 16.2. The van der Waals surface area contributed by atoms with Gasteiger partial charge in [0.25, 0.3) is 0 Å². The third kappa shape index (κ3) is 3.30. The van der Waals surface area contributed by atoms with Crippen molar-refractivity contribution < 1.29 is 4.79 Å². The van der Waals surface area contributed by atoms with Gasteiger partial charge in [0.15, 0.2) is 5.82 Å². The molecule has 2 aliphatic heterocycles. The molecule has 1 aromatic carbocycles. The fourth-order valence-electron chi connectivity index (χ4n) is 3.89. The second kappa shape index (κ2) is 7.44. The van der Waals surface area contributed by atoms with Crippen LogP contribution >= 0.6 is 0 Å². The van der Waals surface area contributed by atoms with Crippen molar-refractivity contribution in [1.82, 2.24) is 14.9 Å². The predicted octanol–water partition coefficient (Wildman–Crippen LogP) is 3.43. The van der Waals surface area contributed by atoms with E-state index in [2.05, 4.69) is 24.0 Å². The number of amides is 1.